The lowest BCUT2D eigenvalue weighted by atomic mass is 9.64. The van der Waals surface area contributed by atoms with Crippen LogP contribution in [-0.4, -0.2) is 53.6 Å². The first kappa shape index (κ1) is 20.8. The number of piperazine rings is 1. The molecular formula is C21H36N2O3. The third-order valence-electron chi connectivity index (χ3n) is 5.69. The van der Waals surface area contributed by atoms with Crippen LogP contribution in [0.4, 0.5) is 4.79 Å². The van der Waals surface area contributed by atoms with E-state index in [2.05, 4.69) is 26.8 Å². The molecule has 2 atom stereocenters. The van der Waals surface area contributed by atoms with Gasteiger partial charge in [-0.2, -0.15) is 0 Å². The number of carbonyl (C=O) groups excluding carboxylic acids is 2. The molecule has 1 saturated heterocycles. The molecule has 1 aliphatic heterocycles. The predicted molar refractivity (Wildman–Crippen MR) is 104 cm³/mol. The highest BCUT2D eigenvalue weighted by atomic mass is 16.6. The lowest BCUT2D eigenvalue weighted by molar-refractivity contribution is -0.127. The van der Waals surface area contributed by atoms with E-state index in [9.17, 15) is 9.59 Å². The third kappa shape index (κ3) is 5.49. The Balaban J connectivity index is 1.87. The quantitative estimate of drug-likeness (QED) is 0.694. The van der Waals surface area contributed by atoms with Crippen LogP contribution >= 0.6 is 0 Å². The van der Waals surface area contributed by atoms with Gasteiger partial charge in [-0.1, -0.05) is 39.7 Å². The summed E-state index contributed by atoms with van der Waals surface area (Å²) in [5, 5.41) is 0. The molecule has 0 spiro atoms. The van der Waals surface area contributed by atoms with Crippen molar-refractivity contribution in [2.75, 3.05) is 26.2 Å². The molecule has 0 bridgehead atoms. The zero-order chi connectivity index (χ0) is 19.5. The van der Waals surface area contributed by atoms with Gasteiger partial charge >= 0.3 is 6.09 Å². The van der Waals surface area contributed by atoms with Gasteiger partial charge < -0.3 is 14.5 Å². The molecule has 2 fully saturated rings. The number of nitrogens with zero attached hydrogens (tertiary/aromatic N) is 2. The summed E-state index contributed by atoms with van der Waals surface area (Å²) in [5.41, 5.74) is -0.236. The summed E-state index contributed by atoms with van der Waals surface area (Å²) in [6.07, 6.45) is 7.33. The zero-order valence-electron chi connectivity index (χ0n) is 17.4. The molecule has 1 aliphatic carbocycles. The van der Waals surface area contributed by atoms with Gasteiger partial charge in [-0.05, 0) is 50.5 Å². The third-order valence-corrected chi connectivity index (χ3v) is 5.69. The fourth-order valence-electron chi connectivity index (χ4n) is 4.17. The molecule has 1 saturated carbocycles. The summed E-state index contributed by atoms with van der Waals surface area (Å²) in [5.74, 6) is 1.12. The van der Waals surface area contributed by atoms with Crippen molar-refractivity contribution in [3.05, 3.63) is 12.2 Å². The van der Waals surface area contributed by atoms with Crippen molar-refractivity contribution in [1.29, 1.82) is 0 Å². The van der Waals surface area contributed by atoms with Crippen molar-refractivity contribution in [2.45, 2.75) is 66.4 Å². The van der Waals surface area contributed by atoms with E-state index in [-0.39, 0.29) is 17.4 Å². The number of rotatable bonds is 2. The summed E-state index contributed by atoms with van der Waals surface area (Å²) >= 11 is 0. The van der Waals surface area contributed by atoms with E-state index >= 15 is 0 Å². The molecule has 0 radical (unpaired) electrons. The number of amides is 2. The lowest BCUT2D eigenvalue weighted by Gasteiger charge is -2.41. The summed E-state index contributed by atoms with van der Waals surface area (Å²) in [7, 11) is 0. The van der Waals surface area contributed by atoms with E-state index in [0.717, 1.165) is 0 Å². The van der Waals surface area contributed by atoms with Crippen molar-refractivity contribution in [3.63, 3.8) is 0 Å². The maximum atomic E-state index is 12.6. The standard InChI is InChI=1S/C21H36N2O3/c1-16-8-7-11-21(5,6)17(16)9-10-18(24)22-12-14-23(15-13-22)19(25)26-20(2,3)4/h9-10,16-17H,7-8,11-15H2,1-6H3/b10-9+/t16-,17+/m0/s1. The maximum absolute atomic E-state index is 12.6. The van der Waals surface area contributed by atoms with Crippen LogP contribution in [0.15, 0.2) is 12.2 Å². The van der Waals surface area contributed by atoms with E-state index in [1.54, 1.807) is 11.0 Å². The molecule has 5 nitrogen and oxygen atoms in total. The second-order valence-electron chi connectivity index (χ2n) is 9.54. The molecule has 0 N–H and O–H groups in total. The van der Waals surface area contributed by atoms with Crippen LogP contribution in [0.2, 0.25) is 0 Å². The highest BCUT2D eigenvalue weighted by Crippen LogP contribution is 2.44. The van der Waals surface area contributed by atoms with Gasteiger partial charge in [-0.25, -0.2) is 4.79 Å². The number of ether oxygens (including phenoxy) is 1. The van der Waals surface area contributed by atoms with Crippen molar-refractivity contribution >= 4 is 12.0 Å². The van der Waals surface area contributed by atoms with E-state index in [1.807, 2.05) is 25.7 Å². The van der Waals surface area contributed by atoms with Gasteiger partial charge in [0.05, 0.1) is 0 Å². The molecule has 2 amide bonds. The monoisotopic (exact) mass is 364 g/mol. The zero-order valence-corrected chi connectivity index (χ0v) is 17.4. The minimum atomic E-state index is -0.490. The molecule has 0 aromatic carbocycles. The predicted octanol–water partition coefficient (Wildman–Crippen LogP) is 4.08. The summed E-state index contributed by atoms with van der Waals surface area (Å²) in [4.78, 5) is 28.2. The van der Waals surface area contributed by atoms with Crippen LogP contribution in [0.3, 0.4) is 0 Å². The average molecular weight is 365 g/mol. The van der Waals surface area contributed by atoms with Gasteiger partial charge in [-0.3, -0.25) is 4.79 Å². The first-order valence-electron chi connectivity index (χ1n) is 9.95. The van der Waals surface area contributed by atoms with E-state index in [1.165, 1.54) is 19.3 Å². The Morgan fingerprint density at radius 3 is 2.19 bits per heavy atom. The van der Waals surface area contributed by atoms with Crippen LogP contribution in [0.25, 0.3) is 0 Å². The summed E-state index contributed by atoms with van der Waals surface area (Å²) < 4.78 is 5.40. The number of hydrogen-bond acceptors (Lipinski definition) is 3. The SMILES string of the molecule is C[C@H]1CCCC(C)(C)[C@@H]1/C=C/C(=O)N1CCN(C(=O)OC(C)(C)C)CC1. The minimum absolute atomic E-state index is 0.0578. The lowest BCUT2D eigenvalue weighted by Crippen LogP contribution is -2.51. The molecule has 148 valence electrons. The van der Waals surface area contributed by atoms with Gasteiger partial charge in [0.25, 0.3) is 0 Å². The van der Waals surface area contributed by atoms with Crippen LogP contribution < -0.4 is 0 Å². The molecule has 0 unspecified atom stereocenters. The first-order chi connectivity index (χ1) is 12.0. The second-order valence-corrected chi connectivity index (χ2v) is 9.54. The van der Waals surface area contributed by atoms with Crippen molar-refractivity contribution < 1.29 is 14.3 Å². The Kier molecular flexibility index (Phi) is 6.41. The molecule has 0 aromatic rings. The van der Waals surface area contributed by atoms with Gasteiger partial charge in [0, 0.05) is 26.2 Å². The van der Waals surface area contributed by atoms with Crippen LogP contribution in [0.5, 0.6) is 0 Å². The van der Waals surface area contributed by atoms with Gasteiger partial charge in [0.15, 0.2) is 0 Å². The molecule has 26 heavy (non-hydrogen) atoms. The molecule has 1 heterocycles. The topological polar surface area (TPSA) is 49.9 Å². The molecule has 5 heteroatoms. The number of hydrogen-bond donors (Lipinski definition) is 0. The normalized spacial score (nSPS) is 26.8. The van der Waals surface area contributed by atoms with Crippen LogP contribution in [0, 0.1) is 17.3 Å². The van der Waals surface area contributed by atoms with Crippen molar-refractivity contribution in [3.8, 4) is 0 Å². The van der Waals surface area contributed by atoms with Gasteiger partial charge in [0.2, 0.25) is 5.91 Å². The Morgan fingerprint density at radius 1 is 1.08 bits per heavy atom. The molecule has 2 aliphatic rings. The highest BCUT2D eigenvalue weighted by molar-refractivity contribution is 5.87. The van der Waals surface area contributed by atoms with Gasteiger partial charge in [0.1, 0.15) is 5.60 Å². The van der Waals surface area contributed by atoms with E-state index < -0.39 is 5.60 Å². The van der Waals surface area contributed by atoms with Crippen molar-refractivity contribution in [2.24, 2.45) is 17.3 Å². The summed E-state index contributed by atoms with van der Waals surface area (Å²) in [6, 6.07) is 0. The Bertz CT molecular complexity index is 540. The van der Waals surface area contributed by atoms with Crippen LogP contribution in [-0.2, 0) is 9.53 Å². The number of allylic oxidation sites excluding steroid dienone is 1. The number of carbonyl (C=O) groups is 2. The first-order valence-corrected chi connectivity index (χ1v) is 9.95. The summed E-state index contributed by atoms with van der Waals surface area (Å²) in [6.45, 7) is 14.7. The largest absolute Gasteiger partial charge is 0.444 e. The molecular weight excluding hydrogens is 328 g/mol. The Morgan fingerprint density at radius 2 is 1.65 bits per heavy atom. The smallest absolute Gasteiger partial charge is 0.410 e. The van der Waals surface area contributed by atoms with E-state index in [4.69, 9.17) is 4.74 Å². The maximum Gasteiger partial charge on any atom is 0.410 e. The molecule has 2 rings (SSSR count). The fourth-order valence-corrected chi connectivity index (χ4v) is 4.17. The van der Waals surface area contributed by atoms with Gasteiger partial charge in [-0.15, -0.1) is 0 Å². The highest BCUT2D eigenvalue weighted by Gasteiger charge is 2.35. The van der Waals surface area contributed by atoms with Crippen LogP contribution in [0.1, 0.15) is 60.8 Å². The van der Waals surface area contributed by atoms with E-state index in [0.29, 0.717) is 38.0 Å². The second kappa shape index (κ2) is 8.01. The molecule has 0 aromatic heterocycles. The Labute approximate surface area is 158 Å². The minimum Gasteiger partial charge on any atom is -0.444 e. The Hall–Kier alpha value is -1.52. The van der Waals surface area contributed by atoms with Crippen molar-refractivity contribution in [1.82, 2.24) is 9.80 Å². The average Bonchev–Trinajstić information content (AvgIpc) is 2.52. The fraction of sp³-hybridized carbons (Fsp3) is 0.810.